The van der Waals surface area contributed by atoms with Crippen LogP contribution in [-0.4, -0.2) is 107 Å². The van der Waals surface area contributed by atoms with Crippen LogP contribution in [0.15, 0.2) is 70.7 Å². The number of nitrogens with zero attached hydrogens (tertiary/aromatic N) is 8. The van der Waals surface area contributed by atoms with Crippen molar-refractivity contribution in [2.45, 2.75) is 103 Å². The van der Waals surface area contributed by atoms with Gasteiger partial charge in [0.05, 0.1) is 52.1 Å². The van der Waals surface area contributed by atoms with Gasteiger partial charge in [-0.05, 0) is 86.5 Å². The number of thiazole rings is 1. The molecule has 2 aliphatic heterocycles. The van der Waals surface area contributed by atoms with E-state index in [1.54, 1.807) is 29.5 Å². The Hall–Kier alpha value is -5.91. The summed E-state index contributed by atoms with van der Waals surface area (Å²) < 4.78 is 13.6. The molecule has 2 amide bonds. The molecule has 16 nitrogen and oxygen atoms in total. The maximum absolute atomic E-state index is 14.1. The van der Waals surface area contributed by atoms with Crippen LogP contribution in [0.5, 0.6) is 11.6 Å². The van der Waals surface area contributed by atoms with E-state index in [1.165, 1.54) is 4.90 Å². The first-order valence-corrected chi connectivity index (χ1v) is 23.2. The molecule has 338 valence electrons. The normalized spacial score (nSPS) is 18.2. The van der Waals surface area contributed by atoms with E-state index in [0.29, 0.717) is 40.8 Å². The van der Waals surface area contributed by atoms with Gasteiger partial charge in [0.15, 0.2) is 17.1 Å². The molecule has 2 fully saturated rings. The second kappa shape index (κ2) is 19.9. The predicted molar refractivity (Wildman–Crippen MR) is 245 cm³/mol. The number of benzene rings is 2. The Labute approximate surface area is 376 Å². The predicted octanol–water partition coefficient (Wildman–Crippen LogP) is 7.06. The molecule has 0 bridgehead atoms. The number of hydrogen-bond acceptors (Lipinski definition) is 14. The fourth-order valence-corrected chi connectivity index (χ4v) is 9.82. The van der Waals surface area contributed by atoms with Crippen molar-refractivity contribution in [2.24, 2.45) is 5.92 Å². The summed E-state index contributed by atoms with van der Waals surface area (Å²) in [6.07, 6.45) is 5.24. The van der Waals surface area contributed by atoms with Gasteiger partial charge < -0.3 is 40.3 Å². The number of piperidine rings is 1. The number of nitrogens with two attached hydrogens (primary N) is 1. The Kier molecular flexibility index (Phi) is 13.9. The van der Waals surface area contributed by atoms with E-state index in [-0.39, 0.29) is 48.5 Å². The smallest absolute Gasteiger partial charge is 0.254 e. The number of carbonyl (C=O) groups excluding carboxylic acids is 2. The highest BCUT2D eigenvalue weighted by Gasteiger charge is 2.43. The Balaban J connectivity index is 0.766. The van der Waals surface area contributed by atoms with Crippen LogP contribution in [0.4, 0.5) is 5.82 Å². The number of unbranched alkanes of at least 4 members (excludes halogenated alkanes) is 3. The molecule has 4 atom stereocenters. The number of amides is 2. The molecule has 2 saturated heterocycles. The number of carbonyl (C=O) groups is 2. The summed E-state index contributed by atoms with van der Waals surface area (Å²) in [7, 11) is 0. The Morgan fingerprint density at radius 2 is 1.78 bits per heavy atom. The minimum atomic E-state index is -0.819. The van der Waals surface area contributed by atoms with Crippen molar-refractivity contribution in [3.8, 4) is 33.3 Å². The number of nitrogens with one attached hydrogen (secondary N) is 1. The first-order chi connectivity index (χ1) is 30.9. The van der Waals surface area contributed by atoms with E-state index < -0.39 is 18.1 Å². The number of aliphatic hydroxyl groups is 1. The number of anilines is 1. The SMILES string of the molecule is Cc1ncsc1-c1ccc(C(C)NC(=O)[C@@H]2C[C@@H](O)CN2C(=O)C(c2cc(OCCCCCCN3CCC(n4nc(N)c5nnc(-c6ccccc6O)cc54)CC3)no2)C(C)C)cc1. The van der Waals surface area contributed by atoms with Crippen LogP contribution in [-0.2, 0) is 9.59 Å². The number of hydrogen-bond donors (Lipinski definition) is 4. The molecule has 6 aromatic rings. The second-order valence-corrected chi connectivity index (χ2v) is 18.3. The Morgan fingerprint density at radius 1 is 1.02 bits per heavy atom. The third-order valence-electron chi connectivity index (χ3n) is 12.6. The zero-order chi connectivity index (χ0) is 44.9. The monoisotopic (exact) mass is 890 g/mol. The average Bonchev–Trinajstić information content (AvgIpc) is 4.10. The van der Waals surface area contributed by atoms with E-state index in [9.17, 15) is 19.8 Å². The second-order valence-electron chi connectivity index (χ2n) is 17.5. The number of fused-ring (bicyclic) bond motifs is 1. The number of likely N-dealkylation sites (tertiary alicyclic amines) is 2. The van der Waals surface area contributed by atoms with Gasteiger partial charge in [0.25, 0.3) is 5.88 Å². The van der Waals surface area contributed by atoms with Crippen molar-refractivity contribution in [1.82, 2.24) is 45.2 Å². The molecule has 0 aliphatic carbocycles. The van der Waals surface area contributed by atoms with Crippen LogP contribution in [0.1, 0.15) is 101 Å². The summed E-state index contributed by atoms with van der Waals surface area (Å²) in [5.74, 6) is -0.255. The summed E-state index contributed by atoms with van der Waals surface area (Å²) in [6.45, 7) is 11.2. The maximum atomic E-state index is 14.1. The largest absolute Gasteiger partial charge is 0.507 e. The molecule has 6 heterocycles. The number of β-amino-alcohol motifs (C(OH)–C–C–N with tert-alkyl or cyclic N) is 1. The summed E-state index contributed by atoms with van der Waals surface area (Å²) in [4.78, 5) is 37.2. The maximum Gasteiger partial charge on any atom is 0.254 e. The van der Waals surface area contributed by atoms with Gasteiger partial charge in [0.1, 0.15) is 17.7 Å². The fourth-order valence-electron chi connectivity index (χ4n) is 9.01. The van der Waals surface area contributed by atoms with Gasteiger partial charge >= 0.3 is 0 Å². The van der Waals surface area contributed by atoms with Gasteiger partial charge in [0.2, 0.25) is 11.8 Å². The fraction of sp³-hybridized carbons (Fsp3) is 0.468. The third-order valence-corrected chi connectivity index (χ3v) is 13.5. The van der Waals surface area contributed by atoms with Crippen LogP contribution >= 0.6 is 11.3 Å². The lowest BCUT2D eigenvalue weighted by Crippen LogP contribution is -2.48. The first-order valence-electron chi connectivity index (χ1n) is 22.4. The molecule has 0 saturated carbocycles. The molecule has 2 aliphatic rings. The summed E-state index contributed by atoms with van der Waals surface area (Å²) in [6, 6.07) is 17.8. The quantitative estimate of drug-likeness (QED) is 0.0677. The molecule has 64 heavy (non-hydrogen) atoms. The minimum absolute atomic E-state index is 0.0606. The van der Waals surface area contributed by atoms with Gasteiger partial charge in [-0.1, -0.05) is 63.1 Å². The number of phenols is 1. The Bertz CT molecular complexity index is 2530. The van der Waals surface area contributed by atoms with E-state index in [1.807, 2.05) is 80.4 Å². The zero-order valence-corrected chi connectivity index (χ0v) is 37.7. The molecule has 2 aromatic carbocycles. The average molecular weight is 891 g/mol. The molecular formula is C47H58N10O6S. The number of aryl methyl sites for hydroxylation is 1. The van der Waals surface area contributed by atoms with Crippen molar-refractivity contribution in [2.75, 3.05) is 38.5 Å². The van der Waals surface area contributed by atoms with Crippen LogP contribution in [0.3, 0.4) is 0 Å². The van der Waals surface area contributed by atoms with E-state index >= 15 is 0 Å². The molecule has 0 spiro atoms. The molecule has 8 rings (SSSR count). The van der Waals surface area contributed by atoms with Crippen molar-refractivity contribution >= 4 is 40.0 Å². The standard InChI is InChI=1S/C47H58N10O6S/c1-28(2)42(47(61)56-26-34(58)23-38(56)46(60)50-29(3)31-13-15-32(16-14-31)44-30(4)49-27-64-44)40-25-41(54-63-40)62-22-10-6-5-9-19-55-20-17-33(18-21-55)57-37-24-36(35-11-7-8-12-39(35)59)51-52-43(37)45(48)53-57/h7-8,11-16,24-25,27-29,33-34,38,42,58-59H,5-6,9-10,17-23,26H2,1-4H3,(H2,48,53)(H,50,60)/t29?,34-,38+,42?/m1/s1. The number of nitrogen functional groups attached to an aromatic ring is 1. The highest BCUT2D eigenvalue weighted by Crippen LogP contribution is 2.35. The molecule has 2 unspecified atom stereocenters. The summed E-state index contributed by atoms with van der Waals surface area (Å²) in [5, 5.41) is 41.5. The first kappa shape index (κ1) is 44.7. The molecule has 17 heteroatoms. The minimum Gasteiger partial charge on any atom is -0.507 e. The van der Waals surface area contributed by atoms with Gasteiger partial charge in [-0.15, -0.1) is 21.5 Å². The lowest BCUT2D eigenvalue weighted by molar-refractivity contribution is -0.141. The van der Waals surface area contributed by atoms with Crippen molar-refractivity contribution in [1.29, 1.82) is 0 Å². The number of rotatable bonds is 17. The molecule has 5 N–H and O–H groups in total. The van der Waals surface area contributed by atoms with Crippen LogP contribution in [0.2, 0.25) is 0 Å². The van der Waals surface area contributed by atoms with E-state index in [2.05, 4.69) is 35.7 Å². The van der Waals surface area contributed by atoms with Gasteiger partial charge in [-0.3, -0.25) is 14.3 Å². The van der Waals surface area contributed by atoms with E-state index in [0.717, 1.165) is 85.4 Å². The topological polar surface area (TPSA) is 211 Å². The highest BCUT2D eigenvalue weighted by molar-refractivity contribution is 7.13. The van der Waals surface area contributed by atoms with Crippen molar-refractivity contribution in [3.05, 3.63) is 83.2 Å². The number of phenolic OH excluding ortho intramolecular Hbond substituents is 1. The zero-order valence-electron chi connectivity index (χ0n) is 36.9. The van der Waals surface area contributed by atoms with Crippen LogP contribution in [0.25, 0.3) is 32.7 Å². The van der Waals surface area contributed by atoms with Crippen LogP contribution in [0, 0.1) is 12.8 Å². The number of ether oxygens (including phenoxy) is 1. The third kappa shape index (κ3) is 9.91. The Morgan fingerprint density at radius 3 is 2.52 bits per heavy atom. The van der Waals surface area contributed by atoms with E-state index in [4.69, 9.17) is 15.0 Å². The van der Waals surface area contributed by atoms with Crippen LogP contribution < -0.4 is 15.8 Å². The van der Waals surface area contributed by atoms with Gasteiger partial charge in [-0.2, -0.15) is 5.10 Å². The van der Waals surface area contributed by atoms with Gasteiger partial charge in [0, 0.05) is 37.7 Å². The number of aromatic nitrogens is 6. The van der Waals surface area contributed by atoms with Gasteiger partial charge in [-0.25, -0.2) is 4.98 Å². The lowest BCUT2D eigenvalue weighted by Gasteiger charge is -2.32. The molecule has 4 aromatic heterocycles. The van der Waals surface area contributed by atoms with Crippen molar-refractivity contribution < 1.29 is 29.1 Å². The summed E-state index contributed by atoms with van der Waals surface area (Å²) >= 11 is 1.59. The lowest BCUT2D eigenvalue weighted by atomic mass is 9.91. The number of aromatic hydroxyl groups is 1. The highest BCUT2D eigenvalue weighted by atomic mass is 32.1. The number of para-hydroxylation sites is 1. The summed E-state index contributed by atoms with van der Waals surface area (Å²) in [5.41, 5.74) is 13.7. The molecule has 0 radical (unpaired) electrons. The van der Waals surface area contributed by atoms with Crippen molar-refractivity contribution in [3.63, 3.8) is 0 Å². The number of aliphatic hydroxyl groups excluding tert-OH is 1. The molecular weight excluding hydrogens is 833 g/mol.